The van der Waals surface area contributed by atoms with Crippen molar-refractivity contribution < 1.29 is 4.79 Å². The summed E-state index contributed by atoms with van der Waals surface area (Å²) in [6.45, 7) is 4.78. The van der Waals surface area contributed by atoms with Crippen LogP contribution in [0.25, 0.3) is 0 Å². The summed E-state index contributed by atoms with van der Waals surface area (Å²) in [6.07, 6.45) is 2.79. The fraction of sp³-hybridized carbons (Fsp3) is 0.545. The molecule has 0 saturated carbocycles. The molecule has 1 aromatic heterocycles. The van der Waals surface area contributed by atoms with Crippen LogP contribution in [0.5, 0.6) is 0 Å². The molecule has 0 aromatic carbocycles. The Bertz CT molecular complexity index is 317. The van der Waals surface area contributed by atoms with E-state index >= 15 is 0 Å². The van der Waals surface area contributed by atoms with Crippen LogP contribution in [0.15, 0.2) is 18.3 Å². The van der Waals surface area contributed by atoms with Crippen molar-refractivity contribution in [1.82, 2.24) is 15.2 Å². The molecule has 1 aliphatic rings. The van der Waals surface area contributed by atoms with Gasteiger partial charge in [0.15, 0.2) is 0 Å². The summed E-state index contributed by atoms with van der Waals surface area (Å²) in [5.41, 5.74) is 0.690. The maximum absolute atomic E-state index is 12.1. The number of aromatic nitrogens is 1. The van der Waals surface area contributed by atoms with Crippen molar-refractivity contribution in [3.63, 3.8) is 0 Å². The molecule has 1 amide bonds. The lowest BCUT2D eigenvalue weighted by Crippen LogP contribution is -2.59. The van der Waals surface area contributed by atoms with Crippen molar-refractivity contribution in [2.75, 3.05) is 19.6 Å². The summed E-state index contributed by atoms with van der Waals surface area (Å²) in [5.74, 6) is 0.119. The molecule has 1 fully saturated rings. The molecule has 0 aliphatic carbocycles. The van der Waals surface area contributed by atoms with Crippen LogP contribution in [-0.2, 0) is 0 Å². The molecule has 82 valence electrons. The van der Waals surface area contributed by atoms with Gasteiger partial charge in [0.05, 0.1) is 6.04 Å². The number of hydrogen-bond donors (Lipinski definition) is 2. The van der Waals surface area contributed by atoms with Crippen molar-refractivity contribution in [2.24, 2.45) is 0 Å². The topological polar surface area (TPSA) is 48.1 Å². The maximum Gasteiger partial charge on any atom is 0.270 e. The van der Waals surface area contributed by atoms with E-state index in [0.717, 1.165) is 26.1 Å². The SMILES string of the molecule is CCCN(C(=O)c1ccc[nH]1)C1CNC1. The second-order valence-corrected chi connectivity index (χ2v) is 3.89. The van der Waals surface area contributed by atoms with E-state index in [9.17, 15) is 4.79 Å². The van der Waals surface area contributed by atoms with Crippen molar-refractivity contribution in [1.29, 1.82) is 0 Å². The van der Waals surface area contributed by atoms with Crippen LogP contribution in [0.1, 0.15) is 23.8 Å². The Balaban J connectivity index is 2.06. The van der Waals surface area contributed by atoms with E-state index in [-0.39, 0.29) is 5.91 Å². The molecule has 1 saturated heterocycles. The summed E-state index contributed by atoms with van der Waals surface area (Å²) in [7, 11) is 0. The Morgan fingerprint density at radius 3 is 2.87 bits per heavy atom. The Labute approximate surface area is 89.7 Å². The fourth-order valence-electron chi connectivity index (χ4n) is 1.80. The molecule has 4 nitrogen and oxygen atoms in total. The Morgan fingerprint density at radius 1 is 1.60 bits per heavy atom. The van der Waals surface area contributed by atoms with E-state index in [0.29, 0.717) is 11.7 Å². The third-order valence-electron chi connectivity index (χ3n) is 2.75. The number of amides is 1. The van der Waals surface area contributed by atoms with Crippen molar-refractivity contribution in [3.8, 4) is 0 Å². The molecule has 2 N–H and O–H groups in total. The lowest BCUT2D eigenvalue weighted by Gasteiger charge is -2.38. The van der Waals surface area contributed by atoms with Gasteiger partial charge in [-0.2, -0.15) is 0 Å². The minimum absolute atomic E-state index is 0.119. The largest absolute Gasteiger partial charge is 0.357 e. The first-order valence-corrected chi connectivity index (χ1v) is 5.48. The molecule has 2 heterocycles. The van der Waals surface area contributed by atoms with Gasteiger partial charge >= 0.3 is 0 Å². The molecule has 0 atom stereocenters. The van der Waals surface area contributed by atoms with Gasteiger partial charge < -0.3 is 15.2 Å². The highest BCUT2D eigenvalue weighted by atomic mass is 16.2. The quantitative estimate of drug-likeness (QED) is 0.768. The highest BCUT2D eigenvalue weighted by Crippen LogP contribution is 2.10. The number of nitrogens with one attached hydrogen (secondary N) is 2. The van der Waals surface area contributed by atoms with Gasteiger partial charge in [0.25, 0.3) is 5.91 Å². The molecule has 15 heavy (non-hydrogen) atoms. The monoisotopic (exact) mass is 207 g/mol. The molecule has 1 aliphatic heterocycles. The van der Waals surface area contributed by atoms with Gasteiger partial charge in [-0.05, 0) is 18.6 Å². The average molecular weight is 207 g/mol. The lowest BCUT2D eigenvalue weighted by atomic mass is 10.1. The van der Waals surface area contributed by atoms with Crippen LogP contribution in [0.2, 0.25) is 0 Å². The van der Waals surface area contributed by atoms with Gasteiger partial charge in [-0.1, -0.05) is 6.92 Å². The van der Waals surface area contributed by atoms with Gasteiger partial charge in [-0.15, -0.1) is 0 Å². The minimum Gasteiger partial charge on any atom is -0.357 e. The first kappa shape index (κ1) is 10.2. The number of nitrogens with zero attached hydrogens (tertiary/aromatic N) is 1. The minimum atomic E-state index is 0.119. The summed E-state index contributed by atoms with van der Waals surface area (Å²) < 4.78 is 0. The standard InChI is InChI=1S/C11H17N3O/c1-2-6-14(9-7-12-8-9)11(15)10-4-3-5-13-10/h3-5,9,12-13H,2,6-8H2,1H3. The first-order valence-electron chi connectivity index (χ1n) is 5.48. The van der Waals surface area contributed by atoms with Crippen molar-refractivity contribution in [2.45, 2.75) is 19.4 Å². The predicted octanol–water partition coefficient (Wildman–Crippen LogP) is 0.839. The van der Waals surface area contributed by atoms with Crippen LogP contribution < -0.4 is 5.32 Å². The molecule has 0 unspecified atom stereocenters. The summed E-state index contributed by atoms with van der Waals surface area (Å²) in [6, 6.07) is 4.06. The van der Waals surface area contributed by atoms with E-state index in [1.807, 2.05) is 17.0 Å². The second kappa shape index (κ2) is 4.49. The summed E-state index contributed by atoms with van der Waals surface area (Å²) >= 11 is 0. The second-order valence-electron chi connectivity index (χ2n) is 3.89. The predicted molar refractivity (Wildman–Crippen MR) is 58.8 cm³/mol. The van der Waals surface area contributed by atoms with E-state index in [2.05, 4.69) is 17.2 Å². The number of hydrogen-bond acceptors (Lipinski definition) is 2. The zero-order valence-electron chi connectivity index (χ0n) is 8.99. The molecule has 0 spiro atoms. The number of aromatic amines is 1. The van der Waals surface area contributed by atoms with E-state index < -0.39 is 0 Å². The molecular weight excluding hydrogens is 190 g/mol. The van der Waals surface area contributed by atoms with Gasteiger partial charge in [0.1, 0.15) is 5.69 Å². The Kier molecular flexibility index (Phi) is 3.06. The van der Waals surface area contributed by atoms with Crippen LogP contribution in [0.3, 0.4) is 0 Å². The fourth-order valence-corrected chi connectivity index (χ4v) is 1.80. The maximum atomic E-state index is 12.1. The van der Waals surface area contributed by atoms with E-state index in [4.69, 9.17) is 0 Å². The number of carbonyl (C=O) groups excluding carboxylic acids is 1. The first-order chi connectivity index (χ1) is 7.33. The normalized spacial score (nSPS) is 16.1. The van der Waals surface area contributed by atoms with E-state index in [1.54, 1.807) is 6.20 Å². The smallest absolute Gasteiger partial charge is 0.270 e. The third kappa shape index (κ3) is 2.04. The molecular formula is C11H17N3O. The van der Waals surface area contributed by atoms with Gasteiger partial charge in [-0.25, -0.2) is 0 Å². The van der Waals surface area contributed by atoms with Gasteiger partial charge in [0.2, 0.25) is 0 Å². The summed E-state index contributed by atoms with van der Waals surface area (Å²) in [5, 5.41) is 3.20. The lowest BCUT2D eigenvalue weighted by molar-refractivity contribution is 0.0610. The van der Waals surface area contributed by atoms with Crippen molar-refractivity contribution >= 4 is 5.91 Å². The Morgan fingerprint density at radius 2 is 2.40 bits per heavy atom. The molecule has 1 aromatic rings. The van der Waals surface area contributed by atoms with Crippen LogP contribution in [0.4, 0.5) is 0 Å². The zero-order valence-corrected chi connectivity index (χ0v) is 8.99. The molecule has 4 heteroatoms. The summed E-state index contributed by atoms with van der Waals surface area (Å²) in [4.78, 5) is 17.0. The number of carbonyl (C=O) groups is 1. The molecule has 0 radical (unpaired) electrons. The van der Waals surface area contributed by atoms with Crippen LogP contribution >= 0.6 is 0 Å². The third-order valence-corrected chi connectivity index (χ3v) is 2.75. The van der Waals surface area contributed by atoms with E-state index in [1.165, 1.54) is 0 Å². The average Bonchev–Trinajstić information content (AvgIpc) is 2.66. The van der Waals surface area contributed by atoms with Gasteiger partial charge in [-0.3, -0.25) is 4.79 Å². The van der Waals surface area contributed by atoms with Crippen LogP contribution in [0, 0.1) is 0 Å². The molecule has 2 rings (SSSR count). The zero-order chi connectivity index (χ0) is 10.7. The van der Waals surface area contributed by atoms with Gasteiger partial charge in [0, 0.05) is 25.8 Å². The molecule has 0 bridgehead atoms. The number of rotatable bonds is 4. The van der Waals surface area contributed by atoms with Crippen molar-refractivity contribution in [3.05, 3.63) is 24.0 Å². The number of H-pyrrole nitrogens is 1. The van der Waals surface area contributed by atoms with Crippen LogP contribution in [-0.4, -0.2) is 41.5 Å². The highest BCUT2D eigenvalue weighted by Gasteiger charge is 2.28. The highest BCUT2D eigenvalue weighted by molar-refractivity contribution is 5.92. The Hall–Kier alpha value is -1.29.